The van der Waals surface area contributed by atoms with Crippen molar-refractivity contribution in [1.29, 1.82) is 0 Å². The van der Waals surface area contributed by atoms with Gasteiger partial charge >= 0.3 is 0 Å². The van der Waals surface area contributed by atoms with E-state index in [1.54, 1.807) is 7.11 Å². The summed E-state index contributed by atoms with van der Waals surface area (Å²) in [4.78, 5) is 8.99. The fourth-order valence-electron chi connectivity index (χ4n) is 2.76. The monoisotopic (exact) mass is 292 g/mol. The zero-order chi connectivity index (χ0) is 15.3. The molecule has 1 fully saturated rings. The number of anilines is 1. The van der Waals surface area contributed by atoms with Crippen molar-refractivity contribution in [3.05, 3.63) is 18.0 Å². The van der Waals surface area contributed by atoms with Crippen LogP contribution in [-0.2, 0) is 10.2 Å². The second-order valence-corrected chi connectivity index (χ2v) is 7.05. The lowest BCUT2D eigenvalue weighted by Gasteiger charge is -2.37. The topological polar surface area (TPSA) is 59.1 Å². The molecule has 2 rings (SSSR count). The van der Waals surface area contributed by atoms with E-state index in [0.717, 1.165) is 50.7 Å². The minimum absolute atomic E-state index is 0.0400. The van der Waals surface area contributed by atoms with Crippen molar-refractivity contribution in [2.45, 2.75) is 39.0 Å². The molecule has 0 aromatic carbocycles. The Morgan fingerprint density at radius 3 is 2.67 bits per heavy atom. The molecule has 1 aliphatic heterocycles. The van der Waals surface area contributed by atoms with Crippen molar-refractivity contribution in [2.24, 2.45) is 5.41 Å². The van der Waals surface area contributed by atoms with Crippen LogP contribution in [0.3, 0.4) is 0 Å². The highest BCUT2D eigenvalue weighted by molar-refractivity contribution is 5.28. The van der Waals surface area contributed by atoms with Crippen molar-refractivity contribution >= 4 is 5.95 Å². The lowest BCUT2D eigenvalue weighted by atomic mass is 9.79. The third-order valence-electron chi connectivity index (χ3n) is 4.16. The number of nitrogens with one attached hydrogen (secondary N) is 2. The standard InChI is InChI=1S/C16H28N4O/c1-15(2,3)13-5-8-18-14(20-13)19-11-16(12-21-4)6-9-17-10-7-16/h5,8,17H,6-7,9-12H2,1-4H3,(H,18,19,20). The lowest BCUT2D eigenvalue weighted by Crippen LogP contribution is -2.44. The van der Waals surface area contributed by atoms with Crippen LogP contribution in [0.15, 0.2) is 12.3 Å². The van der Waals surface area contributed by atoms with Gasteiger partial charge in [0, 0.05) is 30.7 Å². The number of rotatable bonds is 5. The van der Waals surface area contributed by atoms with Gasteiger partial charge in [-0.3, -0.25) is 0 Å². The van der Waals surface area contributed by atoms with Crippen molar-refractivity contribution in [1.82, 2.24) is 15.3 Å². The highest BCUT2D eigenvalue weighted by Gasteiger charge is 2.32. The molecule has 0 atom stereocenters. The van der Waals surface area contributed by atoms with E-state index < -0.39 is 0 Å². The first-order chi connectivity index (χ1) is 9.95. The molecule has 0 radical (unpaired) electrons. The summed E-state index contributed by atoms with van der Waals surface area (Å²) in [6.07, 6.45) is 4.07. The van der Waals surface area contributed by atoms with Gasteiger partial charge in [-0.2, -0.15) is 0 Å². The van der Waals surface area contributed by atoms with Crippen LogP contribution in [-0.4, -0.2) is 43.3 Å². The molecule has 1 aromatic heterocycles. The number of methoxy groups -OCH3 is 1. The maximum absolute atomic E-state index is 5.44. The number of piperidine rings is 1. The van der Waals surface area contributed by atoms with Crippen LogP contribution in [0.2, 0.25) is 0 Å². The summed E-state index contributed by atoms with van der Waals surface area (Å²) in [7, 11) is 1.78. The van der Waals surface area contributed by atoms with Gasteiger partial charge in [0.25, 0.3) is 0 Å². The molecule has 5 heteroatoms. The summed E-state index contributed by atoms with van der Waals surface area (Å²) in [5.74, 6) is 0.719. The van der Waals surface area contributed by atoms with Crippen LogP contribution >= 0.6 is 0 Å². The van der Waals surface area contributed by atoms with Gasteiger partial charge in [0.05, 0.1) is 12.3 Å². The third kappa shape index (κ3) is 4.38. The second kappa shape index (κ2) is 6.71. The van der Waals surface area contributed by atoms with Gasteiger partial charge in [-0.05, 0) is 32.0 Å². The van der Waals surface area contributed by atoms with Crippen molar-refractivity contribution < 1.29 is 4.74 Å². The van der Waals surface area contributed by atoms with Gasteiger partial charge in [0.1, 0.15) is 0 Å². The fourth-order valence-corrected chi connectivity index (χ4v) is 2.76. The molecule has 0 amide bonds. The minimum Gasteiger partial charge on any atom is -0.384 e. The quantitative estimate of drug-likeness (QED) is 0.871. The van der Waals surface area contributed by atoms with Crippen LogP contribution in [0, 0.1) is 5.41 Å². The normalized spacial score (nSPS) is 18.5. The number of nitrogens with zero attached hydrogens (tertiary/aromatic N) is 2. The molecule has 0 spiro atoms. The molecule has 1 aromatic rings. The Labute approximate surface area is 127 Å². The molecular weight excluding hydrogens is 264 g/mol. The van der Waals surface area contributed by atoms with E-state index in [-0.39, 0.29) is 10.8 Å². The van der Waals surface area contributed by atoms with Crippen molar-refractivity contribution in [3.8, 4) is 0 Å². The highest BCUT2D eigenvalue weighted by Crippen LogP contribution is 2.29. The number of ether oxygens (including phenoxy) is 1. The first kappa shape index (κ1) is 16.2. The summed E-state index contributed by atoms with van der Waals surface area (Å²) in [5.41, 5.74) is 1.28. The second-order valence-electron chi connectivity index (χ2n) is 7.05. The highest BCUT2D eigenvalue weighted by atomic mass is 16.5. The summed E-state index contributed by atoms with van der Waals surface area (Å²) in [6, 6.07) is 1.99. The maximum atomic E-state index is 5.44. The average molecular weight is 292 g/mol. The van der Waals surface area contributed by atoms with E-state index in [1.165, 1.54) is 0 Å². The van der Waals surface area contributed by atoms with E-state index in [1.807, 2.05) is 12.3 Å². The predicted octanol–water partition coefficient (Wildman–Crippen LogP) is 2.20. The van der Waals surface area contributed by atoms with E-state index >= 15 is 0 Å². The Balaban J connectivity index is 2.04. The van der Waals surface area contributed by atoms with Gasteiger partial charge in [-0.25, -0.2) is 9.97 Å². The molecule has 2 heterocycles. The molecule has 1 saturated heterocycles. The Morgan fingerprint density at radius 2 is 2.05 bits per heavy atom. The van der Waals surface area contributed by atoms with Gasteiger partial charge in [0.15, 0.2) is 0 Å². The molecule has 118 valence electrons. The first-order valence-electron chi connectivity index (χ1n) is 7.72. The molecule has 0 bridgehead atoms. The number of hydrogen-bond donors (Lipinski definition) is 2. The Hall–Kier alpha value is -1.20. The van der Waals surface area contributed by atoms with Gasteiger partial charge in [0.2, 0.25) is 5.95 Å². The van der Waals surface area contributed by atoms with Gasteiger partial charge < -0.3 is 15.4 Å². The molecule has 0 saturated carbocycles. The van der Waals surface area contributed by atoms with Crippen LogP contribution in [0.25, 0.3) is 0 Å². The molecule has 5 nitrogen and oxygen atoms in total. The van der Waals surface area contributed by atoms with E-state index in [0.29, 0.717) is 0 Å². The van der Waals surface area contributed by atoms with E-state index in [4.69, 9.17) is 4.74 Å². The van der Waals surface area contributed by atoms with E-state index in [9.17, 15) is 0 Å². The molecule has 2 N–H and O–H groups in total. The van der Waals surface area contributed by atoms with Crippen molar-refractivity contribution in [2.75, 3.05) is 38.7 Å². The van der Waals surface area contributed by atoms with Crippen LogP contribution in [0.5, 0.6) is 0 Å². The summed E-state index contributed by atoms with van der Waals surface area (Å²) >= 11 is 0. The van der Waals surface area contributed by atoms with Crippen LogP contribution in [0.1, 0.15) is 39.3 Å². The predicted molar refractivity (Wildman–Crippen MR) is 85.6 cm³/mol. The van der Waals surface area contributed by atoms with Gasteiger partial charge in [-0.1, -0.05) is 20.8 Å². The molecular formula is C16H28N4O. The average Bonchev–Trinajstić information content (AvgIpc) is 2.46. The smallest absolute Gasteiger partial charge is 0.222 e. The van der Waals surface area contributed by atoms with E-state index in [2.05, 4.69) is 41.4 Å². The number of hydrogen-bond acceptors (Lipinski definition) is 5. The van der Waals surface area contributed by atoms with Gasteiger partial charge in [-0.15, -0.1) is 0 Å². The van der Waals surface area contributed by atoms with Crippen LogP contribution < -0.4 is 10.6 Å². The zero-order valence-electron chi connectivity index (χ0n) is 13.7. The molecule has 21 heavy (non-hydrogen) atoms. The van der Waals surface area contributed by atoms with Crippen molar-refractivity contribution in [3.63, 3.8) is 0 Å². The zero-order valence-corrected chi connectivity index (χ0v) is 13.7. The summed E-state index contributed by atoms with van der Waals surface area (Å²) in [6.45, 7) is 10.2. The lowest BCUT2D eigenvalue weighted by molar-refractivity contribution is 0.0634. The molecule has 0 unspecified atom stereocenters. The summed E-state index contributed by atoms with van der Waals surface area (Å²) in [5, 5.41) is 6.83. The number of aromatic nitrogens is 2. The largest absolute Gasteiger partial charge is 0.384 e. The molecule has 1 aliphatic rings. The first-order valence-corrected chi connectivity index (χ1v) is 7.72. The maximum Gasteiger partial charge on any atom is 0.222 e. The Morgan fingerprint density at radius 1 is 1.33 bits per heavy atom. The molecule has 0 aliphatic carbocycles. The Bertz CT molecular complexity index is 444. The van der Waals surface area contributed by atoms with Crippen LogP contribution in [0.4, 0.5) is 5.95 Å². The Kier molecular flexibility index (Phi) is 5.17. The third-order valence-corrected chi connectivity index (χ3v) is 4.16. The summed E-state index contributed by atoms with van der Waals surface area (Å²) < 4.78 is 5.44. The minimum atomic E-state index is 0.0400. The SMILES string of the molecule is COCC1(CNc2nccc(C(C)(C)C)n2)CCNCC1. The fraction of sp³-hybridized carbons (Fsp3) is 0.750.